The second-order valence-corrected chi connectivity index (χ2v) is 5.25. The number of benzene rings is 1. The van der Waals surface area contributed by atoms with E-state index in [4.69, 9.17) is 29.6 Å². The Bertz CT molecular complexity index is 378. The number of unbranched alkanes of at least 4 members (excludes halogenated alkanes) is 1. The zero-order chi connectivity index (χ0) is 13.5. The van der Waals surface area contributed by atoms with Crippen LogP contribution in [0.1, 0.15) is 38.3 Å². The first-order chi connectivity index (χ1) is 8.60. The summed E-state index contributed by atoms with van der Waals surface area (Å²) in [6, 6.07) is 7.78. The SMILES string of the molecule is CCCCN(CC)C(C(N)=S)c1ccc(Cl)cc1. The lowest BCUT2D eigenvalue weighted by atomic mass is 10.0. The molecule has 0 fully saturated rings. The monoisotopic (exact) mass is 284 g/mol. The lowest BCUT2D eigenvalue weighted by Gasteiger charge is -2.30. The maximum absolute atomic E-state index is 5.92. The second-order valence-electron chi connectivity index (χ2n) is 4.34. The van der Waals surface area contributed by atoms with Crippen LogP contribution < -0.4 is 5.73 Å². The number of nitrogens with two attached hydrogens (primary N) is 1. The summed E-state index contributed by atoms with van der Waals surface area (Å²) in [6.07, 6.45) is 2.32. The second kappa shape index (κ2) is 7.72. The summed E-state index contributed by atoms with van der Waals surface area (Å²) in [5, 5.41) is 0.733. The smallest absolute Gasteiger partial charge is 0.0948 e. The molecule has 1 aromatic carbocycles. The zero-order valence-corrected chi connectivity index (χ0v) is 12.6. The Morgan fingerprint density at radius 1 is 1.33 bits per heavy atom. The van der Waals surface area contributed by atoms with Crippen LogP contribution in [0.3, 0.4) is 0 Å². The largest absolute Gasteiger partial charge is 0.392 e. The quantitative estimate of drug-likeness (QED) is 0.773. The Morgan fingerprint density at radius 3 is 2.39 bits per heavy atom. The first kappa shape index (κ1) is 15.4. The molecule has 0 radical (unpaired) electrons. The molecule has 0 bridgehead atoms. The third-order valence-electron chi connectivity index (χ3n) is 3.03. The molecule has 1 rings (SSSR count). The van der Waals surface area contributed by atoms with E-state index in [1.165, 1.54) is 6.42 Å². The molecule has 0 saturated carbocycles. The van der Waals surface area contributed by atoms with Gasteiger partial charge in [0.15, 0.2) is 0 Å². The van der Waals surface area contributed by atoms with Gasteiger partial charge in [-0.05, 0) is 37.2 Å². The summed E-state index contributed by atoms with van der Waals surface area (Å²) >= 11 is 11.1. The van der Waals surface area contributed by atoms with E-state index in [9.17, 15) is 0 Å². The molecule has 0 saturated heterocycles. The van der Waals surface area contributed by atoms with Crippen molar-refractivity contribution in [1.29, 1.82) is 0 Å². The van der Waals surface area contributed by atoms with E-state index in [-0.39, 0.29) is 6.04 Å². The van der Waals surface area contributed by atoms with Crippen molar-refractivity contribution < 1.29 is 0 Å². The van der Waals surface area contributed by atoms with Gasteiger partial charge in [0.2, 0.25) is 0 Å². The first-order valence-corrected chi connectivity index (χ1v) is 7.17. The normalized spacial score (nSPS) is 12.7. The fraction of sp³-hybridized carbons (Fsp3) is 0.500. The molecule has 0 spiro atoms. The molecule has 0 heterocycles. The minimum atomic E-state index is 0.00816. The van der Waals surface area contributed by atoms with Crippen molar-refractivity contribution >= 4 is 28.8 Å². The van der Waals surface area contributed by atoms with Crippen LogP contribution in [-0.2, 0) is 0 Å². The van der Waals surface area contributed by atoms with Crippen LogP contribution >= 0.6 is 23.8 Å². The summed E-state index contributed by atoms with van der Waals surface area (Å²) in [5.41, 5.74) is 7.03. The number of halogens is 1. The average Bonchev–Trinajstić information content (AvgIpc) is 2.35. The van der Waals surface area contributed by atoms with E-state index in [0.29, 0.717) is 4.99 Å². The lowest BCUT2D eigenvalue weighted by molar-refractivity contribution is 0.253. The van der Waals surface area contributed by atoms with Gasteiger partial charge in [0.1, 0.15) is 0 Å². The Balaban J connectivity index is 2.93. The lowest BCUT2D eigenvalue weighted by Crippen LogP contribution is -2.37. The summed E-state index contributed by atoms with van der Waals surface area (Å²) in [7, 11) is 0. The minimum absolute atomic E-state index is 0.00816. The topological polar surface area (TPSA) is 29.3 Å². The Labute approximate surface area is 120 Å². The number of rotatable bonds is 7. The molecule has 100 valence electrons. The van der Waals surface area contributed by atoms with E-state index in [1.807, 2.05) is 24.3 Å². The van der Waals surface area contributed by atoms with E-state index in [2.05, 4.69) is 18.7 Å². The van der Waals surface area contributed by atoms with Gasteiger partial charge in [0, 0.05) is 5.02 Å². The highest BCUT2D eigenvalue weighted by Gasteiger charge is 2.21. The van der Waals surface area contributed by atoms with E-state index in [0.717, 1.165) is 30.1 Å². The highest BCUT2D eigenvalue weighted by Crippen LogP contribution is 2.23. The van der Waals surface area contributed by atoms with Crippen LogP contribution in [0.25, 0.3) is 0 Å². The number of likely N-dealkylation sites (N-methyl/N-ethyl adjacent to an activating group) is 1. The first-order valence-electron chi connectivity index (χ1n) is 6.39. The molecule has 1 unspecified atom stereocenters. The molecular formula is C14H21ClN2S. The Kier molecular flexibility index (Phi) is 6.61. The van der Waals surface area contributed by atoms with Crippen LogP contribution in [0.5, 0.6) is 0 Å². The van der Waals surface area contributed by atoms with E-state index < -0.39 is 0 Å². The van der Waals surface area contributed by atoms with Crippen LogP contribution in [0.4, 0.5) is 0 Å². The number of thiocarbonyl (C=S) groups is 1. The van der Waals surface area contributed by atoms with Crippen LogP contribution in [0, 0.1) is 0 Å². The predicted molar refractivity (Wildman–Crippen MR) is 83.1 cm³/mol. The highest BCUT2D eigenvalue weighted by atomic mass is 35.5. The maximum Gasteiger partial charge on any atom is 0.0948 e. The molecule has 0 aliphatic rings. The third-order valence-corrected chi connectivity index (χ3v) is 3.50. The summed E-state index contributed by atoms with van der Waals surface area (Å²) < 4.78 is 0. The molecule has 1 aromatic rings. The fourth-order valence-corrected chi connectivity index (χ4v) is 2.44. The number of hydrogen-bond acceptors (Lipinski definition) is 2. The van der Waals surface area contributed by atoms with Gasteiger partial charge in [-0.3, -0.25) is 4.90 Å². The van der Waals surface area contributed by atoms with Gasteiger partial charge >= 0.3 is 0 Å². The van der Waals surface area contributed by atoms with Crippen molar-refractivity contribution in [3.05, 3.63) is 34.9 Å². The minimum Gasteiger partial charge on any atom is -0.392 e. The van der Waals surface area contributed by atoms with Crippen LogP contribution in [-0.4, -0.2) is 23.0 Å². The van der Waals surface area contributed by atoms with Gasteiger partial charge in [-0.25, -0.2) is 0 Å². The molecule has 0 aromatic heterocycles. The van der Waals surface area contributed by atoms with E-state index in [1.54, 1.807) is 0 Å². The van der Waals surface area contributed by atoms with Gasteiger partial charge < -0.3 is 5.73 Å². The molecule has 0 amide bonds. The van der Waals surface area contributed by atoms with Crippen molar-refractivity contribution in [2.45, 2.75) is 32.7 Å². The molecule has 4 heteroatoms. The van der Waals surface area contributed by atoms with Crippen molar-refractivity contribution in [1.82, 2.24) is 4.90 Å². The third kappa shape index (κ3) is 4.23. The van der Waals surface area contributed by atoms with E-state index >= 15 is 0 Å². The van der Waals surface area contributed by atoms with Crippen molar-refractivity contribution in [2.24, 2.45) is 5.73 Å². The fourth-order valence-electron chi connectivity index (χ4n) is 2.03. The number of nitrogens with zero attached hydrogens (tertiary/aromatic N) is 1. The molecule has 0 aliphatic carbocycles. The average molecular weight is 285 g/mol. The highest BCUT2D eigenvalue weighted by molar-refractivity contribution is 7.80. The predicted octanol–water partition coefficient (Wildman–Crippen LogP) is 3.79. The summed E-state index contributed by atoms with van der Waals surface area (Å²) in [5.74, 6) is 0. The zero-order valence-electron chi connectivity index (χ0n) is 11.0. The Morgan fingerprint density at radius 2 is 1.94 bits per heavy atom. The molecule has 2 N–H and O–H groups in total. The van der Waals surface area contributed by atoms with Crippen molar-refractivity contribution in [3.63, 3.8) is 0 Å². The summed E-state index contributed by atoms with van der Waals surface area (Å²) in [4.78, 5) is 2.84. The Hall–Kier alpha value is -0.640. The van der Waals surface area contributed by atoms with Gasteiger partial charge in [-0.15, -0.1) is 0 Å². The molecular weight excluding hydrogens is 264 g/mol. The molecule has 0 aliphatic heterocycles. The molecule has 2 nitrogen and oxygen atoms in total. The molecule has 18 heavy (non-hydrogen) atoms. The van der Waals surface area contributed by atoms with Crippen molar-refractivity contribution in [2.75, 3.05) is 13.1 Å². The summed E-state index contributed by atoms with van der Waals surface area (Å²) in [6.45, 7) is 6.27. The van der Waals surface area contributed by atoms with Gasteiger partial charge in [-0.1, -0.05) is 56.2 Å². The standard InChI is InChI=1S/C14H21ClN2S/c1-3-5-10-17(4-2)13(14(16)18)11-6-8-12(15)9-7-11/h6-9,13H,3-5,10H2,1-2H3,(H2,16,18). The molecule has 1 atom stereocenters. The van der Waals surface area contributed by atoms with Gasteiger partial charge in [0.05, 0.1) is 11.0 Å². The van der Waals surface area contributed by atoms with Crippen LogP contribution in [0.15, 0.2) is 24.3 Å². The van der Waals surface area contributed by atoms with Crippen molar-refractivity contribution in [3.8, 4) is 0 Å². The van der Waals surface area contributed by atoms with Crippen LogP contribution in [0.2, 0.25) is 5.02 Å². The maximum atomic E-state index is 5.92. The number of hydrogen-bond donors (Lipinski definition) is 1. The van der Waals surface area contributed by atoms with Gasteiger partial charge in [0.25, 0.3) is 0 Å². The van der Waals surface area contributed by atoms with Gasteiger partial charge in [-0.2, -0.15) is 0 Å².